The van der Waals surface area contributed by atoms with Crippen LogP contribution < -0.4 is 11.1 Å². The third-order valence-corrected chi connectivity index (χ3v) is 3.98. The van der Waals surface area contributed by atoms with Crippen LogP contribution in [0.25, 0.3) is 0 Å². The Balaban J connectivity index is 3.68. The van der Waals surface area contributed by atoms with E-state index in [9.17, 15) is 9.18 Å². The highest BCUT2D eigenvalue weighted by atomic mass is 19.1. The van der Waals surface area contributed by atoms with E-state index in [1.807, 2.05) is 13.8 Å². The van der Waals surface area contributed by atoms with Crippen molar-refractivity contribution in [3.8, 4) is 0 Å². The van der Waals surface area contributed by atoms with Gasteiger partial charge in [-0.25, -0.2) is 4.39 Å². The molecule has 0 saturated heterocycles. The zero-order valence-electron chi connectivity index (χ0n) is 16.7. The predicted molar refractivity (Wildman–Crippen MR) is 98.9 cm³/mol. The Morgan fingerprint density at radius 3 is 2.04 bits per heavy atom. The van der Waals surface area contributed by atoms with Crippen LogP contribution in [0.2, 0.25) is 0 Å². The number of hydrogen-bond donors (Lipinski definition) is 2. The Hall–Kier alpha value is -0.800. The summed E-state index contributed by atoms with van der Waals surface area (Å²) in [6.45, 7) is 10.6. The molecular weight excluding hydrogens is 343 g/mol. The van der Waals surface area contributed by atoms with Crippen LogP contribution in [0.5, 0.6) is 0 Å². The van der Waals surface area contributed by atoms with Crippen LogP contribution in [-0.2, 0) is 23.7 Å². The first kappa shape index (κ1) is 25.2. The van der Waals surface area contributed by atoms with Gasteiger partial charge in [-0.05, 0) is 20.3 Å². The zero-order chi connectivity index (χ0) is 19.8. The fourth-order valence-electron chi connectivity index (χ4n) is 1.87. The SMILES string of the molecule is CCC(C)C(=O)NCC(F)C(C)(C)OCCOCCOCCOCCN. The normalized spacial score (nSPS) is 14.2. The Kier molecular flexibility index (Phi) is 14.8. The molecule has 0 radical (unpaired) electrons. The van der Waals surface area contributed by atoms with Gasteiger partial charge in [0, 0.05) is 12.5 Å². The fourth-order valence-corrected chi connectivity index (χ4v) is 1.87. The first-order valence-corrected chi connectivity index (χ1v) is 9.34. The molecule has 7 nitrogen and oxygen atoms in total. The van der Waals surface area contributed by atoms with Crippen LogP contribution in [0.3, 0.4) is 0 Å². The van der Waals surface area contributed by atoms with E-state index >= 15 is 0 Å². The molecule has 0 aliphatic carbocycles. The van der Waals surface area contributed by atoms with Gasteiger partial charge in [0.05, 0.1) is 58.4 Å². The summed E-state index contributed by atoms with van der Waals surface area (Å²) in [5.41, 5.74) is 4.30. The average Bonchev–Trinajstić information content (AvgIpc) is 2.62. The number of carbonyl (C=O) groups excluding carboxylic acids is 1. The van der Waals surface area contributed by atoms with Crippen molar-refractivity contribution >= 4 is 5.91 Å². The number of nitrogens with one attached hydrogen (secondary N) is 1. The molecule has 0 saturated carbocycles. The van der Waals surface area contributed by atoms with Crippen molar-refractivity contribution in [1.82, 2.24) is 5.32 Å². The number of nitrogens with two attached hydrogens (primary N) is 1. The Morgan fingerprint density at radius 2 is 1.54 bits per heavy atom. The summed E-state index contributed by atoms with van der Waals surface area (Å²) in [6.07, 6.45) is -0.572. The zero-order valence-corrected chi connectivity index (χ0v) is 16.7. The third kappa shape index (κ3) is 12.5. The van der Waals surface area contributed by atoms with Gasteiger partial charge >= 0.3 is 0 Å². The highest BCUT2D eigenvalue weighted by molar-refractivity contribution is 5.78. The monoisotopic (exact) mass is 380 g/mol. The second-order valence-electron chi connectivity index (χ2n) is 6.60. The summed E-state index contributed by atoms with van der Waals surface area (Å²) >= 11 is 0. The molecule has 1 amide bonds. The van der Waals surface area contributed by atoms with E-state index in [-0.39, 0.29) is 25.0 Å². The smallest absolute Gasteiger partial charge is 0.222 e. The van der Waals surface area contributed by atoms with E-state index in [0.29, 0.717) is 46.2 Å². The lowest BCUT2D eigenvalue weighted by atomic mass is 10.0. The molecule has 8 heteroatoms. The van der Waals surface area contributed by atoms with Crippen molar-refractivity contribution in [2.75, 3.05) is 59.3 Å². The quantitative estimate of drug-likeness (QED) is 0.370. The molecule has 0 aromatic heterocycles. The molecule has 0 aromatic rings. The van der Waals surface area contributed by atoms with E-state index in [4.69, 9.17) is 24.7 Å². The number of alkyl halides is 1. The number of ether oxygens (including phenoxy) is 4. The van der Waals surface area contributed by atoms with Crippen LogP contribution in [0.1, 0.15) is 34.1 Å². The topological polar surface area (TPSA) is 92.0 Å². The van der Waals surface area contributed by atoms with Gasteiger partial charge in [-0.15, -0.1) is 0 Å². The molecule has 2 unspecified atom stereocenters. The van der Waals surface area contributed by atoms with Crippen molar-refractivity contribution in [3.05, 3.63) is 0 Å². The van der Waals surface area contributed by atoms with Gasteiger partial charge in [-0.2, -0.15) is 0 Å². The Bertz CT molecular complexity index is 358. The second kappa shape index (κ2) is 15.3. The Labute approximate surface area is 157 Å². The fraction of sp³-hybridized carbons (Fsp3) is 0.944. The minimum Gasteiger partial charge on any atom is -0.378 e. The molecular formula is C18H37FN2O5. The van der Waals surface area contributed by atoms with Gasteiger partial charge in [0.25, 0.3) is 0 Å². The third-order valence-electron chi connectivity index (χ3n) is 3.98. The van der Waals surface area contributed by atoms with Crippen molar-refractivity contribution in [2.24, 2.45) is 11.7 Å². The van der Waals surface area contributed by atoms with Crippen LogP contribution >= 0.6 is 0 Å². The van der Waals surface area contributed by atoms with Gasteiger partial charge in [0.2, 0.25) is 5.91 Å². The van der Waals surface area contributed by atoms with E-state index in [1.54, 1.807) is 13.8 Å². The molecule has 0 heterocycles. The number of rotatable bonds is 17. The van der Waals surface area contributed by atoms with Crippen LogP contribution in [0, 0.1) is 5.92 Å². The number of carbonyl (C=O) groups is 1. The maximum Gasteiger partial charge on any atom is 0.222 e. The molecule has 0 rings (SSSR count). The molecule has 26 heavy (non-hydrogen) atoms. The van der Waals surface area contributed by atoms with Gasteiger partial charge < -0.3 is 30.0 Å². The summed E-state index contributed by atoms with van der Waals surface area (Å²) in [6, 6.07) is 0. The second-order valence-corrected chi connectivity index (χ2v) is 6.60. The first-order chi connectivity index (χ1) is 12.3. The van der Waals surface area contributed by atoms with Crippen molar-refractivity contribution in [1.29, 1.82) is 0 Å². The van der Waals surface area contributed by atoms with E-state index in [1.165, 1.54) is 0 Å². The van der Waals surface area contributed by atoms with Gasteiger partial charge in [-0.3, -0.25) is 4.79 Å². The van der Waals surface area contributed by atoms with Gasteiger partial charge in [-0.1, -0.05) is 13.8 Å². The lowest BCUT2D eigenvalue weighted by molar-refractivity contribution is -0.126. The van der Waals surface area contributed by atoms with Gasteiger partial charge in [0.15, 0.2) is 0 Å². The summed E-state index contributed by atoms with van der Waals surface area (Å²) in [4.78, 5) is 11.7. The molecule has 0 aromatic carbocycles. The highest BCUT2D eigenvalue weighted by Crippen LogP contribution is 2.17. The first-order valence-electron chi connectivity index (χ1n) is 9.34. The summed E-state index contributed by atoms with van der Waals surface area (Å²) in [5.74, 6) is -0.253. The minimum absolute atomic E-state index is 0.0584. The minimum atomic E-state index is -1.30. The highest BCUT2D eigenvalue weighted by Gasteiger charge is 2.31. The maximum absolute atomic E-state index is 14.3. The van der Waals surface area contributed by atoms with Crippen LogP contribution in [-0.4, -0.2) is 77.0 Å². The largest absolute Gasteiger partial charge is 0.378 e. The van der Waals surface area contributed by atoms with Crippen molar-refractivity contribution < 1.29 is 28.1 Å². The van der Waals surface area contributed by atoms with Crippen molar-refractivity contribution in [3.63, 3.8) is 0 Å². The summed E-state index contributed by atoms with van der Waals surface area (Å²) in [5, 5.41) is 2.62. The van der Waals surface area contributed by atoms with E-state index in [0.717, 1.165) is 6.42 Å². The molecule has 2 atom stereocenters. The molecule has 0 spiro atoms. The van der Waals surface area contributed by atoms with Crippen LogP contribution in [0.15, 0.2) is 0 Å². The summed E-state index contributed by atoms with van der Waals surface area (Å²) < 4.78 is 35.7. The lowest BCUT2D eigenvalue weighted by Gasteiger charge is -2.29. The van der Waals surface area contributed by atoms with Crippen molar-refractivity contribution in [2.45, 2.75) is 45.9 Å². The standard InChI is InChI=1S/C18H37FN2O5/c1-5-15(2)17(22)21-14-16(19)18(3,4)26-13-12-25-11-10-24-9-8-23-7-6-20/h15-16H,5-14,20H2,1-4H3,(H,21,22). The number of hydrogen-bond acceptors (Lipinski definition) is 6. The van der Waals surface area contributed by atoms with Crippen LogP contribution in [0.4, 0.5) is 4.39 Å². The molecule has 0 bridgehead atoms. The van der Waals surface area contributed by atoms with E-state index < -0.39 is 11.8 Å². The van der Waals surface area contributed by atoms with Gasteiger partial charge in [0.1, 0.15) is 6.17 Å². The molecule has 0 aliphatic heterocycles. The number of amides is 1. The summed E-state index contributed by atoms with van der Waals surface area (Å²) in [7, 11) is 0. The molecule has 0 aliphatic rings. The molecule has 0 fully saturated rings. The Morgan fingerprint density at radius 1 is 1.04 bits per heavy atom. The predicted octanol–water partition coefficient (Wildman–Crippen LogP) is 1.29. The van der Waals surface area contributed by atoms with E-state index in [2.05, 4.69) is 5.32 Å². The number of halogens is 1. The lowest BCUT2D eigenvalue weighted by Crippen LogP contribution is -2.45. The molecule has 3 N–H and O–H groups in total. The molecule has 156 valence electrons. The average molecular weight is 381 g/mol. The maximum atomic E-state index is 14.3.